The Kier molecular flexibility index (Phi) is 4.75. The lowest BCUT2D eigenvalue weighted by atomic mass is 10.1. The molecule has 21 heavy (non-hydrogen) atoms. The molecule has 0 aliphatic heterocycles. The molecule has 1 aromatic carbocycles. The zero-order valence-corrected chi connectivity index (χ0v) is 12.8. The molecule has 0 fully saturated rings. The minimum Gasteiger partial charge on any atom is -0.326 e. The minimum atomic E-state index is 0.0126. The molecule has 0 aliphatic carbocycles. The van der Waals surface area contributed by atoms with E-state index in [-0.39, 0.29) is 11.4 Å². The Labute approximate surface area is 125 Å². The molecule has 2 rings (SSSR count). The summed E-state index contributed by atoms with van der Waals surface area (Å²) in [6.07, 6.45) is 4.07. The number of carbonyl (C=O) groups is 1. The summed E-state index contributed by atoms with van der Waals surface area (Å²) in [7, 11) is 0. The van der Waals surface area contributed by atoms with Crippen LogP contribution in [0.3, 0.4) is 0 Å². The summed E-state index contributed by atoms with van der Waals surface area (Å²) in [4.78, 5) is 11.8. The molecule has 0 atom stereocenters. The van der Waals surface area contributed by atoms with Gasteiger partial charge in [0.15, 0.2) is 0 Å². The van der Waals surface area contributed by atoms with Crippen molar-refractivity contribution in [1.29, 1.82) is 0 Å². The molecule has 0 saturated carbocycles. The lowest BCUT2D eigenvalue weighted by Crippen LogP contribution is -2.37. The van der Waals surface area contributed by atoms with Gasteiger partial charge in [-0.25, -0.2) is 4.68 Å². The van der Waals surface area contributed by atoms with Crippen LogP contribution in [0.2, 0.25) is 0 Å². The Bertz CT molecular complexity index is 567. The van der Waals surface area contributed by atoms with Crippen molar-refractivity contribution in [3.63, 3.8) is 0 Å². The number of anilines is 1. The van der Waals surface area contributed by atoms with Crippen molar-refractivity contribution >= 4 is 11.6 Å². The molecule has 1 amide bonds. The van der Waals surface area contributed by atoms with Gasteiger partial charge in [0.2, 0.25) is 5.91 Å². The molecule has 5 heteroatoms. The second-order valence-corrected chi connectivity index (χ2v) is 5.97. The fourth-order valence-electron chi connectivity index (χ4n) is 1.89. The maximum Gasteiger partial charge on any atom is 0.225 e. The fourth-order valence-corrected chi connectivity index (χ4v) is 1.89. The molecule has 5 nitrogen and oxygen atoms in total. The quantitative estimate of drug-likeness (QED) is 0.888. The number of hydrogen-bond acceptors (Lipinski definition) is 3. The summed E-state index contributed by atoms with van der Waals surface area (Å²) in [6, 6.07) is 9.49. The van der Waals surface area contributed by atoms with E-state index in [0.717, 1.165) is 11.4 Å². The van der Waals surface area contributed by atoms with Crippen LogP contribution in [0.4, 0.5) is 5.69 Å². The van der Waals surface area contributed by atoms with Gasteiger partial charge in [-0.1, -0.05) is 0 Å². The number of hydrogen-bond donors (Lipinski definition) is 2. The lowest BCUT2D eigenvalue weighted by Gasteiger charge is -2.20. The molecule has 2 N–H and O–H groups in total. The zero-order chi connectivity index (χ0) is 15.3. The first-order chi connectivity index (χ1) is 9.94. The van der Waals surface area contributed by atoms with Gasteiger partial charge in [0, 0.05) is 36.6 Å². The van der Waals surface area contributed by atoms with Crippen molar-refractivity contribution < 1.29 is 4.79 Å². The van der Waals surface area contributed by atoms with E-state index in [1.165, 1.54) is 0 Å². The van der Waals surface area contributed by atoms with Crippen LogP contribution >= 0.6 is 0 Å². The zero-order valence-electron chi connectivity index (χ0n) is 12.8. The lowest BCUT2D eigenvalue weighted by molar-refractivity contribution is -0.116. The second-order valence-electron chi connectivity index (χ2n) is 5.97. The third-order valence-electron chi connectivity index (χ3n) is 2.93. The van der Waals surface area contributed by atoms with Crippen LogP contribution in [0.25, 0.3) is 5.69 Å². The van der Waals surface area contributed by atoms with Crippen LogP contribution in [-0.2, 0) is 4.79 Å². The molecular formula is C16H22N4O. The van der Waals surface area contributed by atoms with E-state index in [4.69, 9.17) is 0 Å². The van der Waals surface area contributed by atoms with E-state index >= 15 is 0 Å². The highest BCUT2D eigenvalue weighted by atomic mass is 16.1. The summed E-state index contributed by atoms with van der Waals surface area (Å²) in [5.74, 6) is 0.0126. The first-order valence-corrected chi connectivity index (χ1v) is 7.09. The van der Waals surface area contributed by atoms with Crippen LogP contribution in [0.15, 0.2) is 42.7 Å². The van der Waals surface area contributed by atoms with Gasteiger partial charge in [-0.15, -0.1) is 0 Å². The van der Waals surface area contributed by atoms with Crippen LogP contribution < -0.4 is 10.6 Å². The molecule has 0 spiro atoms. The van der Waals surface area contributed by atoms with Crippen molar-refractivity contribution in [1.82, 2.24) is 15.1 Å². The third kappa shape index (κ3) is 5.04. The highest BCUT2D eigenvalue weighted by molar-refractivity contribution is 5.90. The van der Waals surface area contributed by atoms with Gasteiger partial charge < -0.3 is 10.6 Å². The number of nitrogens with one attached hydrogen (secondary N) is 2. The van der Waals surface area contributed by atoms with Gasteiger partial charge in [-0.05, 0) is 51.1 Å². The Morgan fingerprint density at radius 2 is 1.95 bits per heavy atom. The number of rotatable bonds is 5. The van der Waals surface area contributed by atoms with E-state index in [1.54, 1.807) is 10.9 Å². The summed E-state index contributed by atoms with van der Waals surface area (Å²) in [6.45, 7) is 6.91. The van der Waals surface area contributed by atoms with E-state index in [9.17, 15) is 4.79 Å². The Morgan fingerprint density at radius 1 is 1.24 bits per heavy atom. The normalized spacial score (nSPS) is 11.4. The molecule has 0 aliphatic rings. The van der Waals surface area contributed by atoms with Crippen LogP contribution in [0.5, 0.6) is 0 Å². The van der Waals surface area contributed by atoms with E-state index in [1.807, 2.05) is 36.5 Å². The van der Waals surface area contributed by atoms with Gasteiger partial charge in [0.1, 0.15) is 0 Å². The van der Waals surface area contributed by atoms with E-state index in [2.05, 4.69) is 36.5 Å². The van der Waals surface area contributed by atoms with Crippen LogP contribution in [0.1, 0.15) is 27.2 Å². The number of amides is 1. The largest absolute Gasteiger partial charge is 0.326 e. The molecule has 1 aromatic heterocycles. The Morgan fingerprint density at radius 3 is 2.52 bits per heavy atom. The van der Waals surface area contributed by atoms with E-state index < -0.39 is 0 Å². The van der Waals surface area contributed by atoms with Crippen molar-refractivity contribution in [2.75, 3.05) is 11.9 Å². The Hall–Kier alpha value is -2.14. The number of carbonyl (C=O) groups excluding carboxylic acids is 1. The minimum absolute atomic E-state index is 0.0126. The van der Waals surface area contributed by atoms with Gasteiger partial charge in [-0.3, -0.25) is 4.79 Å². The average Bonchev–Trinajstić information content (AvgIpc) is 2.92. The molecule has 2 aromatic rings. The molecular weight excluding hydrogens is 264 g/mol. The summed E-state index contributed by atoms with van der Waals surface area (Å²) >= 11 is 0. The van der Waals surface area contributed by atoms with Gasteiger partial charge in [0.05, 0.1) is 5.69 Å². The highest BCUT2D eigenvalue weighted by Gasteiger charge is 2.09. The molecule has 0 unspecified atom stereocenters. The highest BCUT2D eigenvalue weighted by Crippen LogP contribution is 2.12. The number of aromatic nitrogens is 2. The van der Waals surface area contributed by atoms with Crippen LogP contribution in [0, 0.1) is 0 Å². The molecule has 1 heterocycles. The van der Waals surface area contributed by atoms with Gasteiger partial charge in [-0.2, -0.15) is 5.10 Å². The van der Waals surface area contributed by atoms with Gasteiger partial charge >= 0.3 is 0 Å². The first kappa shape index (κ1) is 15.3. The monoisotopic (exact) mass is 286 g/mol. The smallest absolute Gasteiger partial charge is 0.225 e. The standard InChI is InChI=1S/C16H22N4O/c1-16(2,3)17-11-9-15(21)19-13-5-7-14(8-6-13)20-12-4-10-18-20/h4-8,10,12,17H,9,11H2,1-3H3,(H,19,21). The third-order valence-corrected chi connectivity index (χ3v) is 2.93. The average molecular weight is 286 g/mol. The summed E-state index contributed by atoms with van der Waals surface area (Å²) in [5, 5.41) is 10.3. The molecule has 112 valence electrons. The summed E-state index contributed by atoms with van der Waals surface area (Å²) < 4.78 is 1.78. The molecule has 0 saturated heterocycles. The molecule has 0 bridgehead atoms. The van der Waals surface area contributed by atoms with Gasteiger partial charge in [0.25, 0.3) is 0 Å². The fraction of sp³-hybridized carbons (Fsp3) is 0.375. The number of nitrogens with zero attached hydrogens (tertiary/aromatic N) is 2. The predicted molar refractivity (Wildman–Crippen MR) is 84.6 cm³/mol. The van der Waals surface area contributed by atoms with Crippen molar-refractivity contribution in [2.24, 2.45) is 0 Å². The first-order valence-electron chi connectivity index (χ1n) is 7.09. The van der Waals surface area contributed by atoms with E-state index in [0.29, 0.717) is 13.0 Å². The maximum absolute atomic E-state index is 11.8. The molecule has 0 radical (unpaired) electrons. The van der Waals surface area contributed by atoms with Crippen LogP contribution in [-0.4, -0.2) is 27.8 Å². The number of benzene rings is 1. The second kappa shape index (κ2) is 6.54. The van der Waals surface area contributed by atoms with Crippen molar-refractivity contribution in [2.45, 2.75) is 32.7 Å². The Balaban J connectivity index is 1.84. The summed E-state index contributed by atoms with van der Waals surface area (Å²) in [5.41, 5.74) is 1.80. The van der Waals surface area contributed by atoms with Crippen molar-refractivity contribution in [3.05, 3.63) is 42.7 Å². The maximum atomic E-state index is 11.8. The SMILES string of the molecule is CC(C)(C)NCCC(=O)Nc1ccc(-n2cccn2)cc1. The topological polar surface area (TPSA) is 59.0 Å². The van der Waals surface area contributed by atoms with Crippen molar-refractivity contribution in [3.8, 4) is 5.69 Å². The predicted octanol–water partition coefficient (Wildman–Crippen LogP) is 2.59.